The first-order valence-corrected chi connectivity index (χ1v) is 7.75. The fourth-order valence-electron chi connectivity index (χ4n) is 2.60. The first kappa shape index (κ1) is 14.7. The van der Waals surface area contributed by atoms with Crippen LogP contribution in [-0.4, -0.2) is 46.1 Å². The molecule has 116 valence electrons. The van der Waals surface area contributed by atoms with Crippen LogP contribution in [0.15, 0.2) is 24.7 Å². The zero-order chi connectivity index (χ0) is 15.5. The van der Waals surface area contributed by atoms with Crippen LogP contribution in [0.3, 0.4) is 0 Å². The van der Waals surface area contributed by atoms with E-state index in [1.165, 1.54) is 0 Å². The fourth-order valence-corrected chi connectivity index (χ4v) is 2.60. The maximum Gasteiger partial charge on any atom is 0.133 e. The minimum atomic E-state index is 0.352. The van der Waals surface area contributed by atoms with Crippen molar-refractivity contribution in [2.75, 3.05) is 36.0 Å². The van der Waals surface area contributed by atoms with Crippen LogP contribution in [-0.2, 0) is 0 Å². The second kappa shape index (κ2) is 6.25. The Morgan fingerprint density at radius 3 is 2.27 bits per heavy atom. The molecule has 0 aliphatic carbocycles. The van der Waals surface area contributed by atoms with E-state index in [1.54, 1.807) is 6.33 Å². The van der Waals surface area contributed by atoms with E-state index in [0.29, 0.717) is 5.92 Å². The maximum absolute atomic E-state index is 4.68. The number of aromatic nitrogens is 4. The van der Waals surface area contributed by atoms with Crippen molar-refractivity contribution in [3.63, 3.8) is 0 Å². The Morgan fingerprint density at radius 1 is 0.955 bits per heavy atom. The predicted octanol–water partition coefficient (Wildman–Crippen LogP) is 2.03. The van der Waals surface area contributed by atoms with Gasteiger partial charge >= 0.3 is 0 Å². The third-order valence-electron chi connectivity index (χ3n) is 3.89. The quantitative estimate of drug-likeness (QED) is 0.864. The molecule has 22 heavy (non-hydrogen) atoms. The molecule has 1 fully saturated rings. The van der Waals surface area contributed by atoms with Gasteiger partial charge < -0.3 is 9.80 Å². The standard InChI is InChI=1S/C16H22N6/c1-12(2)16-17-5-4-14(20-16)21-6-8-22(9-7-21)15-10-13(3)18-11-19-15/h4-5,10-12H,6-9H2,1-3H3. The van der Waals surface area contributed by atoms with E-state index < -0.39 is 0 Å². The molecule has 1 saturated heterocycles. The highest BCUT2D eigenvalue weighted by Gasteiger charge is 2.19. The van der Waals surface area contributed by atoms with Gasteiger partial charge in [0.05, 0.1) is 0 Å². The molecule has 1 aliphatic heterocycles. The molecule has 3 heterocycles. The Hall–Kier alpha value is -2.24. The summed E-state index contributed by atoms with van der Waals surface area (Å²) in [6.07, 6.45) is 3.49. The van der Waals surface area contributed by atoms with Crippen LogP contribution < -0.4 is 9.80 Å². The van der Waals surface area contributed by atoms with Gasteiger partial charge in [-0.25, -0.2) is 19.9 Å². The zero-order valence-corrected chi connectivity index (χ0v) is 13.4. The van der Waals surface area contributed by atoms with Gasteiger partial charge in [0, 0.05) is 50.1 Å². The van der Waals surface area contributed by atoms with Gasteiger partial charge in [-0.05, 0) is 13.0 Å². The Balaban J connectivity index is 1.68. The van der Waals surface area contributed by atoms with Crippen molar-refractivity contribution in [3.05, 3.63) is 36.2 Å². The molecule has 6 nitrogen and oxygen atoms in total. The summed E-state index contributed by atoms with van der Waals surface area (Å²) in [5.41, 5.74) is 1.00. The summed E-state index contributed by atoms with van der Waals surface area (Å²) < 4.78 is 0. The number of anilines is 2. The summed E-state index contributed by atoms with van der Waals surface area (Å²) in [4.78, 5) is 22.2. The smallest absolute Gasteiger partial charge is 0.133 e. The second-order valence-corrected chi connectivity index (χ2v) is 5.92. The molecule has 2 aromatic heterocycles. The van der Waals surface area contributed by atoms with Gasteiger partial charge in [0.15, 0.2) is 0 Å². The lowest BCUT2D eigenvalue weighted by atomic mass is 10.2. The van der Waals surface area contributed by atoms with E-state index in [0.717, 1.165) is 49.3 Å². The zero-order valence-electron chi connectivity index (χ0n) is 13.4. The van der Waals surface area contributed by atoms with Crippen LogP contribution in [0, 0.1) is 6.92 Å². The number of nitrogens with zero attached hydrogens (tertiary/aromatic N) is 6. The first-order valence-electron chi connectivity index (χ1n) is 7.75. The highest BCUT2D eigenvalue weighted by Crippen LogP contribution is 2.19. The number of rotatable bonds is 3. The predicted molar refractivity (Wildman–Crippen MR) is 87.3 cm³/mol. The van der Waals surface area contributed by atoms with Crippen molar-refractivity contribution < 1.29 is 0 Å². The summed E-state index contributed by atoms with van der Waals surface area (Å²) in [5.74, 6) is 3.30. The van der Waals surface area contributed by atoms with Crippen LogP contribution in [0.25, 0.3) is 0 Å². The summed E-state index contributed by atoms with van der Waals surface area (Å²) in [6, 6.07) is 4.04. The lowest BCUT2D eigenvalue weighted by Crippen LogP contribution is -2.47. The van der Waals surface area contributed by atoms with Gasteiger partial charge in [0.2, 0.25) is 0 Å². The van der Waals surface area contributed by atoms with Gasteiger partial charge in [0.1, 0.15) is 23.8 Å². The normalized spacial score (nSPS) is 15.5. The molecule has 1 aliphatic rings. The topological polar surface area (TPSA) is 58.0 Å². The van der Waals surface area contributed by atoms with Crippen molar-refractivity contribution in [2.45, 2.75) is 26.7 Å². The van der Waals surface area contributed by atoms with Crippen molar-refractivity contribution in [1.29, 1.82) is 0 Å². The molecule has 0 saturated carbocycles. The molecule has 0 radical (unpaired) electrons. The van der Waals surface area contributed by atoms with Crippen LogP contribution >= 0.6 is 0 Å². The lowest BCUT2D eigenvalue weighted by molar-refractivity contribution is 0.635. The van der Waals surface area contributed by atoms with Crippen molar-refractivity contribution in [3.8, 4) is 0 Å². The largest absolute Gasteiger partial charge is 0.353 e. The lowest BCUT2D eigenvalue weighted by Gasteiger charge is -2.36. The van der Waals surface area contributed by atoms with Crippen LogP contribution in [0.5, 0.6) is 0 Å². The second-order valence-electron chi connectivity index (χ2n) is 5.92. The van der Waals surface area contributed by atoms with E-state index >= 15 is 0 Å². The molecule has 3 rings (SSSR count). The molecule has 0 aromatic carbocycles. The third kappa shape index (κ3) is 3.16. The first-order chi connectivity index (χ1) is 10.6. The van der Waals surface area contributed by atoms with E-state index in [1.807, 2.05) is 25.3 Å². The molecule has 0 spiro atoms. The highest BCUT2D eigenvalue weighted by atomic mass is 15.3. The average Bonchev–Trinajstić information content (AvgIpc) is 2.55. The van der Waals surface area contributed by atoms with E-state index in [2.05, 4.69) is 43.6 Å². The van der Waals surface area contributed by atoms with Crippen LogP contribution in [0.2, 0.25) is 0 Å². The third-order valence-corrected chi connectivity index (χ3v) is 3.89. The van der Waals surface area contributed by atoms with Gasteiger partial charge in [0.25, 0.3) is 0 Å². The molecule has 0 amide bonds. The number of aryl methyl sites for hydroxylation is 1. The number of hydrogen-bond donors (Lipinski definition) is 0. The van der Waals surface area contributed by atoms with E-state index in [9.17, 15) is 0 Å². The minimum absolute atomic E-state index is 0.352. The van der Waals surface area contributed by atoms with E-state index in [-0.39, 0.29) is 0 Å². The summed E-state index contributed by atoms with van der Waals surface area (Å²) in [7, 11) is 0. The monoisotopic (exact) mass is 298 g/mol. The summed E-state index contributed by atoms with van der Waals surface area (Å²) >= 11 is 0. The molecule has 0 atom stereocenters. The molecule has 0 bridgehead atoms. The number of piperazine rings is 1. The fraction of sp³-hybridized carbons (Fsp3) is 0.500. The van der Waals surface area contributed by atoms with Crippen molar-refractivity contribution in [2.24, 2.45) is 0 Å². The van der Waals surface area contributed by atoms with Gasteiger partial charge in [-0.1, -0.05) is 13.8 Å². The molecule has 6 heteroatoms. The average molecular weight is 298 g/mol. The summed E-state index contributed by atoms with van der Waals surface area (Å²) in [6.45, 7) is 10.0. The summed E-state index contributed by atoms with van der Waals surface area (Å²) in [5, 5.41) is 0. The molecular weight excluding hydrogens is 276 g/mol. The Morgan fingerprint density at radius 2 is 1.64 bits per heavy atom. The Labute approximate surface area is 131 Å². The van der Waals surface area contributed by atoms with Crippen molar-refractivity contribution in [1.82, 2.24) is 19.9 Å². The molecule has 0 unspecified atom stereocenters. The van der Waals surface area contributed by atoms with Crippen LogP contribution in [0.4, 0.5) is 11.6 Å². The van der Waals surface area contributed by atoms with Gasteiger partial charge in [-0.2, -0.15) is 0 Å². The van der Waals surface area contributed by atoms with Crippen molar-refractivity contribution >= 4 is 11.6 Å². The Bertz CT molecular complexity index is 634. The van der Waals surface area contributed by atoms with Crippen LogP contribution in [0.1, 0.15) is 31.3 Å². The molecule has 2 aromatic rings. The maximum atomic E-state index is 4.68. The SMILES string of the molecule is Cc1cc(N2CCN(c3ccnc(C(C)C)n3)CC2)ncn1. The van der Waals surface area contributed by atoms with Gasteiger partial charge in [-0.15, -0.1) is 0 Å². The minimum Gasteiger partial charge on any atom is -0.353 e. The Kier molecular flexibility index (Phi) is 4.18. The highest BCUT2D eigenvalue weighted by molar-refractivity contribution is 5.44. The van der Waals surface area contributed by atoms with E-state index in [4.69, 9.17) is 0 Å². The molecular formula is C16H22N6. The van der Waals surface area contributed by atoms with Gasteiger partial charge in [-0.3, -0.25) is 0 Å². The molecule has 0 N–H and O–H groups in total. The number of hydrogen-bond acceptors (Lipinski definition) is 6.